The van der Waals surface area contributed by atoms with Crippen LogP contribution in [-0.2, 0) is 32.0 Å². The summed E-state index contributed by atoms with van der Waals surface area (Å²) < 4.78 is 5.10. The zero-order valence-corrected chi connectivity index (χ0v) is 23.1. The van der Waals surface area contributed by atoms with Crippen molar-refractivity contribution >= 4 is 29.7 Å². The van der Waals surface area contributed by atoms with E-state index >= 15 is 0 Å². The smallest absolute Gasteiger partial charge is 0.341 e. The fraction of sp³-hybridized carbons (Fsp3) is 0.433. The number of unbranched alkanes of at least 4 members (excludes halogenated alkanes) is 2. The second kappa shape index (κ2) is 15.4. The lowest BCUT2D eigenvalue weighted by Gasteiger charge is -2.29. The van der Waals surface area contributed by atoms with E-state index in [1.807, 2.05) is 37.3 Å². The zero-order valence-electron chi connectivity index (χ0n) is 23.1. The molecule has 220 valence electrons. The number of aromatic carboxylic acids is 1. The standard InChI is InChI=1S/C30H37N3O8/c1-2-3-7-14-31-28(37)23(17-21-12-13-25(41-19-27(35)36)22(16-21)30(39)40)32-29(38)24(33-15-8-11-26(33)34)18-20-9-5-4-6-10-20/h4-6,9-10,12-13,16,23-24H,2-3,7-8,11,14-15,17-19H2,1H3,(H,31,37)(H,32,38)(H,35,36)(H,39,40)/t23-,24-/m0/s1. The van der Waals surface area contributed by atoms with E-state index in [1.54, 1.807) is 4.90 Å². The van der Waals surface area contributed by atoms with Crippen LogP contribution >= 0.6 is 0 Å². The predicted molar refractivity (Wildman–Crippen MR) is 150 cm³/mol. The largest absolute Gasteiger partial charge is 0.481 e. The predicted octanol–water partition coefficient (Wildman–Crippen LogP) is 2.42. The van der Waals surface area contributed by atoms with Crippen molar-refractivity contribution in [3.05, 3.63) is 65.2 Å². The molecule has 3 amide bonds. The molecule has 0 aliphatic carbocycles. The Morgan fingerprint density at radius 2 is 1.73 bits per heavy atom. The van der Waals surface area contributed by atoms with Crippen LogP contribution in [0.1, 0.15) is 60.5 Å². The van der Waals surface area contributed by atoms with Gasteiger partial charge in [-0.05, 0) is 36.1 Å². The summed E-state index contributed by atoms with van der Waals surface area (Å²) >= 11 is 0. The number of benzene rings is 2. The second-order valence-electron chi connectivity index (χ2n) is 9.98. The number of nitrogens with zero attached hydrogens (tertiary/aromatic N) is 1. The SMILES string of the molecule is CCCCCNC(=O)[C@H](Cc1ccc(OCC(=O)O)c(C(=O)O)c1)NC(=O)[C@H](Cc1ccccc1)N1CCCC1=O. The number of rotatable bonds is 16. The normalized spacial score (nSPS) is 14.3. The van der Waals surface area contributed by atoms with Gasteiger partial charge in [-0.1, -0.05) is 56.2 Å². The van der Waals surface area contributed by atoms with E-state index in [1.165, 1.54) is 18.2 Å². The minimum atomic E-state index is -1.33. The lowest BCUT2D eigenvalue weighted by atomic mass is 10.00. The van der Waals surface area contributed by atoms with Crippen LogP contribution in [0.3, 0.4) is 0 Å². The van der Waals surface area contributed by atoms with E-state index in [4.69, 9.17) is 9.84 Å². The number of nitrogens with one attached hydrogen (secondary N) is 2. The Bertz CT molecular complexity index is 1230. The van der Waals surface area contributed by atoms with Crippen molar-refractivity contribution in [1.82, 2.24) is 15.5 Å². The first-order valence-corrected chi connectivity index (χ1v) is 13.8. The van der Waals surface area contributed by atoms with Crippen molar-refractivity contribution < 1.29 is 38.9 Å². The minimum Gasteiger partial charge on any atom is -0.481 e. The van der Waals surface area contributed by atoms with Crippen LogP contribution in [-0.4, -0.2) is 76.6 Å². The van der Waals surface area contributed by atoms with E-state index in [0.717, 1.165) is 24.8 Å². The molecule has 3 rings (SSSR count). The first-order chi connectivity index (χ1) is 19.7. The van der Waals surface area contributed by atoms with Crippen molar-refractivity contribution in [2.75, 3.05) is 19.7 Å². The maximum Gasteiger partial charge on any atom is 0.341 e. The van der Waals surface area contributed by atoms with Crippen LogP contribution in [0.5, 0.6) is 5.75 Å². The second-order valence-corrected chi connectivity index (χ2v) is 9.98. The van der Waals surface area contributed by atoms with Crippen LogP contribution in [0, 0.1) is 0 Å². The lowest BCUT2D eigenvalue weighted by molar-refractivity contribution is -0.139. The fourth-order valence-electron chi connectivity index (χ4n) is 4.74. The first-order valence-electron chi connectivity index (χ1n) is 13.8. The van der Waals surface area contributed by atoms with Crippen molar-refractivity contribution in [2.45, 2.75) is 64.0 Å². The minimum absolute atomic E-state index is 0.0309. The summed E-state index contributed by atoms with van der Waals surface area (Å²) in [5, 5.41) is 24.2. The number of carbonyl (C=O) groups is 5. The number of carboxylic acids is 2. The Morgan fingerprint density at radius 3 is 2.37 bits per heavy atom. The third kappa shape index (κ3) is 9.33. The molecule has 0 bridgehead atoms. The molecule has 4 N–H and O–H groups in total. The molecule has 11 heteroatoms. The molecule has 0 unspecified atom stereocenters. The number of likely N-dealkylation sites (tertiary alicyclic amines) is 1. The van der Waals surface area contributed by atoms with Gasteiger partial charge in [0.15, 0.2) is 6.61 Å². The Balaban J connectivity index is 1.85. The number of aliphatic carboxylic acids is 1. The molecule has 2 aromatic carbocycles. The third-order valence-electron chi connectivity index (χ3n) is 6.84. The van der Waals surface area contributed by atoms with Gasteiger partial charge in [0.2, 0.25) is 17.7 Å². The van der Waals surface area contributed by atoms with Crippen molar-refractivity contribution in [1.29, 1.82) is 0 Å². The summed E-state index contributed by atoms with van der Waals surface area (Å²) in [6, 6.07) is 11.6. The number of amides is 3. The molecule has 1 heterocycles. The average Bonchev–Trinajstić information content (AvgIpc) is 3.38. The zero-order chi connectivity index (χ0) is 29.8. The quantitative estimate of drug-likeness (QED) is 0.225. The van der Waals surface area contributed by atoms with E-state index in [9.17, 15) is 29.1 Å². The number of hydrogen-bond acceptors (Lipinski definition) is 6. The monoisotopic (exact) mass is 567 g/mol. The highest BCUT2D eigenvalue weighted by atomic mass is 16.5. The molecule has 2 atom stereocenters. The molecule has 0 aromatic heterocycles. The van der Waals surface area contributed by atoms with E-state index < -0.39 is 42.4 Å². The van der Waals surface area contributed by atoms with Gasteiger partial charge in [-0.2, -0.15) is 0 Å². The summed E-state index contributed by atoms with van der Waals surface area (Å²) in [6.45, 7) is 2.19. The van der Waals surface area contributed by atoms with Gasteiger partial charge in [0.25, 0.3) is 0 Å². The molecular formula is C30H37N3O8. The van der Waals surface area contributed by atoms with Crippen LogP contribution in [0.4, 0.5) is 0 Å². The topological polar surface area (TPSA) is 162 Å². The first kappa shape index (κ1) is 31.1. The maximum atomic E-state index is 13.7. The Labute approximate surface area is 238 Å². The van der Waals surface area contributed by atoms with Crippen molar-refractivity contribution in [3.63, 3.8) is 0 Å². The van der Waals surface area contributed by atoms with Gasteiger partial charge < -0.3 is 30.5 Å². The molecule has 0 saturated carbocycles. The number of hydrogen-bond donors (Lipinski definition) is 4. The van der Waals surface area contributed by atoms with Crippen LogP contribution < -0.4 is 15.4 Å². The van der Waals surface area contributed by atoms with Gasteiger partial charge in [-0.3, -0.25) is 14.4 Å². The Morgan fingerprint density at radius 1 is 0.976 bits per heavy atom. The summed E-state index contributed by atoms with van der Waals surface area (Å²) in [4.78, 5) is 63.8. The highest BCUT2D eigenvalue weighted by molar-refractivity contribution is 5.93. The summed E-state index contributed by atoms with van der Waals surface area (Å²) in [6.07, 6.45) is 3.91. The molecule has 11 nitrogen and oxygen atoms in total. The molecule has 1 fully saturated rings. The van der Waals surface area contributed by atoms with Gasteiger partial charge >= 0.3 is 11.9 Å². The van der Waals surface area contributed by atoms with Gasteiger partial charge in [0, 0.05) is 32.4 Å². The molecule has 0 spiro atoms. The van der Waals surface area contributed by atoms with E-state index in [2.05, 4.69) is 10.6 Å². The highest BCUT2D eigenvalue weighted by Gasteiger charge is 2.35. The van der Waals surface area contributed by atoms with E-state index in [0.29, 0.717) is 31.5 Å². The molecule has 1 aliphatic rings. The summed E-state index contributed by atoms with van der Waals surface area (Å²) in [5.74, 6) is -3.73. The van der Waals surface area contributed by atoms with Gasteiger partial charge in [-0.25, -0.2) is 9.59 Å². The van der Waals surface area contributed by atoms with Crippen LogP contribution in [0.25, 0.3) is 0 Å². The average molecular weight is 568 g/mol. The van der Waals surface area contributed by atoms with Gasteiger partial charge in [0.05, 0.1) is 0 Å². The molecule has 0 radical (unpaired) electrons. The van der Waals surface area contributed by atoms with Crippen molar-refractivity contribution in [2.24, 2.45) is 0 Å². The summed E-state index contributed by atoms with van der Waals surface area (Å²) in [7, 11) is 0. The number of carboxylic acid groups (broad SMARTS) is 2. The molecular weight excluding hydrogens is 530 g/mol. The lowest BCUT2D eigenvalue weighted by Crippen LogP contribution is -2.55. The maximum absolute atomic E-state index is 13.7. The van der Waals surface area contributed by atoms with Gasteiger partial charge in [-0.15, -0.1) is 0 Å². The fourth-order valence-corrected chi connectivity index (χ4v) is 4.74. The Hall–Kier alpha value is -4.41. The molecule has 1 saturated heterocycles. The molecule has 41 heavy (non-hydrogen) atoms. The van der Waals surface area contributed by atoms with Crippen LogP contribution in [0.2, 0.25) is 0 Å². The summed E-state index contributed by atoms with van der Waals surface area (Å²) in [5.41, 5.74) is 1.04. The number of carbonyl (C=O) groups excluding carboxylic acids is 3. The van der Waals surface area contributed by atoms with Gasteiger partial charge in [0.1, 0.15) is 23.4 Å². The van der Waals surface area contributed by atoms with Crippen molar-refractivity contribution in [3.8, 4) is 5.75 Å². The molecule has 2 aromatic rings. The molecule has 1 aliphatic heterocycles. The Kier molecular flexibility index (Phi) is 11.7. The highest BCUT2D eigenvalue weighted by Crippen LogP contribution is 2.22. The van der Waals surface area contributed by atoms with Crippen LogP contribution in [0.15, 0.2) is 48.5 Å². The number of ether oxygens (including phenoxy) is 1. The van der Waals surface area contributed by atoms with E-state index in [-0.39, 0.29) is 30.1 Å². The third-order valence-corrected chi connectivity index (χ3v) is 6.84.